The second kappa shape index (κ2) is 8.25. The highest BCUT2D eigenvalue weighted by molar-refractivity contribution is 7.51. The molecule has 0 aromatic heterocycles. The highest BCUT2D eigenvalue weighted by Crippen LogP contribution is 2.46. The minimum Gasteiger partial charge on any atom is -0.294 e. The second-order valence-corrected chi connectivity index (χ2v) is 7.01. The van der Waals surface area contributed by atoms with E-state index >= 15 is 0 Å². The van der Waals surface area contributed by atoms with E-state index in [0.717, 1.165) is 11.1 Å². The molecule has 0 heterocycles. The SMILES string of the molecule is CC(C)OP(=O)(NCc1ccccc1)OCc1ccccc1. The summed E-state index contributed by atoms with van der Waals surface area (Å²) < 4.78 is 23.9. The van der Waals surface area contributed by atoms with Gasteiger partial charge in [0.2, 0.25) is 0 Å². The lowest BCUT2D eigenvalue weighted by molar-refractivity contribution is 0.155. The van der Waals surface area contributed by atoms with Gasteiger partial charge in [0.15, 0.2) is 0 Å². The first kappa shape index (κ1) is 16.9. The van der Waals surface area contributed by atoms with Gasteiger partial charge in [-0.3, -0.25) is 9.05 Å². The van der Waals surface area contributed by atoms with Crippen LogP contribution in [0.3, 0.4) is 0 Å². The fraction of sp³-hybridized carbons (Fsp3) is 0.294. The Kier molecular flexibility index (Phi) is 6.34. The van der Waals surface area contributed by atoms with Crippen LogP contribution in [0, 0.1) is 0 Å². The maximum Gasteiger partial charge on any atom is 0.406 e. The normalized spacial score (nSPS) is 14.0. The third-order valence-corrected chi connectivity index (χ3v) is 4.63. The van der Waals surface area contributed by atoms with Crippen LogP contribution in [0.2, 0.25) is 0 Å². The summed E-state index contributed by atoms with van der Waals surface area (Å²) in [4.78, 5) is 0. The molecule has 2 aromatic rings. The van der Waals surface area contributed by atoms with Crippen molar-refractivity contribution in [2.75, 3.05) is 0 Å². The molecule has 5 heteroatoms. The molecule has 0 saturated carbocycles. The number of nitrogens with one attached hydrogen (secondary N) is 1. The van der Waals surface area contributed by atoms with Crippen molar-refractivity contribution >= 4 is 7.75 Å². The molecule has 4 nitrogen and oxygen atoms in total. The molecule has 0 saturated heterocycles. The third kappa shape index (κ3) is 5.74. The Morgan fingerprint density at radius 2 is 1.50 bits per heavy atom. The third-order valence-electron chi connectivity index (χ3n) is 2.91. The van der Waals surface area contributed by atoms with Crippen LogP contribution in [0.25, 0.3) is 0 Å². The summed E-state index contributed by atoms with van der Waals surface area (Å²) in [7, 11) is -3.36. The summed E-state index contributed by atoms with van der Waals surface area (Å²) >= 11 is 0. The van der Waals surface area contributed by atoms with Gasteiger partial charge >= 0.3 is 7.75 Å². The van der Waals surface area contributed by atoms with Gasteiger partial charge in [-0.2, -0.15) is 0 Å². The number of hydrogen-bond donors (Lipinski definition) is 1. The summed E-state index contributed by atoms with van der Waals surface area (Å²) in [5.41, 5.74) is 1.98. The van der Waals surface area contributed by atoms with Crippen molar-refractivity contribution in [3.8, 4) is 0 Å². The van der Waals surface area contributed by atoms with E-state index < -0.39 is 7.75 Å². The van der Waals surface area contributed by atoms with Gasteiger partial charge in [0.1, 0.15) is 0 Å². The van der Waals surface area contributed by atoms with E-state index in [2.05, 4.69) is 5.09 Å². The lowest BCUT2D eigenvalue weighted by Gasteiger charge is -2.21. The van der Waals surface area contributed by atoms with Gasteiger partial charge in [0.25, 0.3) is 0 Å². The first-order valence-corrected chi connectivity index (χ1v) is 8.88. The van der Waals surface area contributed by atoms with Gasteiger partial charge in [-0.15, -0.1) is 0 Å². The van der Waals surface area contributed by atoms with Gasteiger partial charge in [-0.25, -0.2) is 9.65 Å². The van der Waals surface area contributed by atoms with Crippen molar-refractivity contribution in [1.29, 1.82) is 0 Å². The largest absolute Gasteiger partial charge is 0.406 e. The molecule has 2 rings (SSSR count). The summed E-state index contributed by atoms with van der Waals surface area (Å²) in [5, 5.41) is 2.93. The molecule has 118 valence electrons. The average molecular weight is 319 g/mol. The molecule has 0 radical (unpaired) electrons. The van der Waals surface area contributed by atoms with E-state index in [-0.39, 0.29) is 12.7 Å². The molecule has 0 bridgehead atoms. The molecule has 1 N–H and O–H groups in total. The Morgan fingerprint density at radius 3 is 2.05 bits per heavy atom. The van der Waals surface area contributed by atoms with E-state index in [1.54, 1.807) is 0 Å². The molecule has 0 spiro atoms. The second-order valence-electron chi connectivity index (χ2n) is 5.23. The molecule has 2 aromatic carbocycles. The first-order chi connectivity index (χ1) is 10.6. The molecular formula is C17H22NO3P. The molecule has 0 aliphatic carbocycles. The van der Waals surface area contributed by atoms with Crippen LogP contribution >= 0.6 is 7.75 Å². The minimum atomic E-state index is -3.36. The summed E-state index contributed by atoms with van der Waals surface area (Å²) in [6.07, 6.45) is -0.190. The topological polar surface area (TPSA) is 47.6 Å². The Morgan fingerprint density at radius 1 is 0.955 bits per heavy atom. The molecule has 1 atom stereocenters. The van der Waals surface area contributed by atoms with Crippen LogP contribution in [-0.2, 0) is 26.8 Å². The summed E-state index contributed by atoms with van der Waals surface area (Å²) in [5.74, 6) is 0. The van der Waals surface area contributed by atoms with E-state index in [9.17, 15) is 4.57 Å². The van der Waals surface area contributed by atoms with E-state index in [0.29, 0.717) is 6.54 Å². The molecule has 0 amide bonds. The van der Waals surface area contributed by atoms with Crippen molar-refractivity contribution in [2.45, 2.75) is 33.1 Å². The zero-order valence-corrected chi connectivity index (χ0v) is 13.8. The predicted molar refractivity (Wildman–Crippen MR) is 88.3 cm³/mol. The van der Waals surface area contributed by atoms with Crippen molar-refractivity contribution in [2.24, 2.45) is 0 Å². The lowest BCUT2D eigenvalue weighted by Crippen LogP contribution is -2.17. The Hall–Kier alpha value is -1.45. The zero-order valence-electron chi connectivity index (χ0n) is 12.9. The number of benzene rings is 2. The van der Waals surface area contributed by atoms with Gasteiger partial charge in [0, 0.05) is 6.54 Å². The van der Waals surface area contributed by atoms with Gasteiger partial charge in [-0.1, -0.05) is 60.7 Å². The van der Waals surface area contributed by atoms with Crippen LogP contribution in [-0.4, -0.2) is 6.10 Å². The van der Waals surface area contributed by atoms with Gasteiger partial charge in [0.05, 0.1) is 12.7 Å². The van der Waals surface area contributed by atoms with E-state index in [4.69, 9.17) is 9.05 Å². The van der Waals surface area contributed by atoms with Crippen LogP contribution < -0.4 is 5.09 Å². The Labute approximate surface area is 132 Å². The first-order valence-electron chi connectivity index (χ1n) is 7.33. The predicted octanol–water partition coefficient (Wildman–Crippen LogP) is 4.53. The smallest absolute Gasteiger partial charge is 0.294 e. The standard InChI is InChI=1S/C17H22NO3P/c1-15(2)21-22(19,18-13-16-9-5-3-6-10-16)20-14-17-11-7-4-8-12-17/h3-12,15H,13-14H2,1-2H3,(H,18,19). The van der Waals surface area contributed by atoms with E-state index in [1.165, 1.54) is 0 Å². The maximum absolute atomic E-state index is 12.8. The Balaban J connectivity index is 1.98. The summed E-state index contributed by atoms with van der Waals surface area (Å²) in [6, 6.07) is 19.4. The van der Waals surface area contributed by atoms with Crippen molar-refractivity contribution < 1.29 is 13.6 Å². The molecule has 1 unspecified atom stereocenters. The van der Waals surface area contributed by atoms with Crippen molar-refractivity contribution in [3.63, 3.8) is 0 Å². The fourth-order valence-electron chi connectivity index (χ4n) is 1.91. The van der Waals surface area contributed by atoms with E-state index in [1.807, 2.05) is 74.5 Å². The maximum atomic E-state index is 12.8. The van der Waals surface area contributed by atoms with Crippen LogP contribution in [0.15, 0.2) is 60.7 Å². The van der Waals surface area contributed by atoms with Gasteiger partial charge in [-0.05, 0) is 25.0 Å². The molecule has 0 aliphatic rings. The summed E-state index contributed by atoms with van der Waals surface area (Å²) in [6.45, 7) is 4.34. The van der Waals surface area contributed by atoms with Gasteiger partial charge < -0.3 is 0 Å². The molecule has 22 heavy (non-hydrogen) atoms. The van der Waals surface area contributed by atoms with Crippen LogP contribution in [0.5, 0.6) is 0 Å². The highest BCUT2D eigenvalue weighted by Gasteiger charge is 2.25. The highest BCUT2D eigenvalue weighted by atomic mass is 31.2. The van der Waals surface area contributed by atoms with Crippen molar-refractivity contribution in [1.82, 2.24) is 5.09 Å². The fourth-order valence-corrected chi connectivity index (χ4v) is 3.39. The minimum absolute atomic E-state index is 0.190. The average Bonchev–Trinajstić information content (AvgIpc) is 2.53. The molecular weight excluding hydrogens is 297 g/mol. The zero-order chi connectivity index (χ0) is 15.8. The van der Waals surface area contributed by atoms with Crippen LogP contribution in [0.4, 0.5) is 0 Å². The molecule has 0 fully saturated rings. The van der Waals surface area contributed by atoms with Crippen LogP contribution in [0.1, 0.15) is 25.0 Å². The number of hydrogen-bond acceptors (Lipinski definition) is 3. The number of rotatable bonds is 8. The monoisotopic (exact) mass is 319 g/mol. The molecule has 0 aliphatic heterocycles. The van der Waals surface area contributed by atoms with Crippen molar-refractivity contribution in [3.05, 3.63) is 71.8 Å². The quantitative estimate of drug-likeness (QED) is 0.726. The lowest BCUT2D eigenvalue weighted by atomic mass is 10.2. The Bertz CT molecular complexity index is 554.